The molecule has 1 aromatic carbocycles. The highest BCUT2D eigenvalue weighted by Gasteiger charge is 2.49. The van der Waals surface area contributed by atoms with E-state index < -0.39 is 40.1 Å². The van der Waals surface area contributed by atoms with E-state index in [0.29, 0.717) is 10.6 Å². The van der Waals surface area contributed by atoms with Crippen LogP contribution < -0.4 is 10.6 Å². The molecule has 0 bridgehead atoms. The van der Waals surface area contributed by atoms with E-state index in [4.69, 9.17) is 16.1 Å². The highest BCUT2D eigenvalue weighted by atomic mass is 35.5. The normalized spacial score (nSPS) is 21.2. The molecular formula is C19H20ClN3O6S. The summed E-state index contributed by atoms with van der Waals surface area (Å²) in [6.07, 6.45) is 0. The van der Waals surface area contributed by atoms with Gasteiger partial charge in [0.2, 0.25) is 0 Å². The van der Waals surface area contributed by atoms with Gasteiger partial charge in [-0.25, -0.2) is 4.79 Å². The Labute approximate surface area is 181 Å². The molecule has 11 heteroatoms. The number of aryl methyl sites for hydroxylation is 1. The molecule has 0 spiro atoms. The Bertz CT molecular complexity index is 1010. The summed E-state index contributed by atoms with van der Waals surface area (Å²) in [5.41, 5.74) is 0.718. The number of carboxylic acids is 2. The van der Waals surface area contributed by atoms with Crippen LogP contribution >= 0.6 is 23.4 Å². The minimum atomic E-state index is -1.39. The van der Waals surface area contributed by atoms with Crippen LogP contribution in [0.3, 0.4) is 0 Å². The number of nitrogens with zero attached hydrogens (tertiary/aromatic N) is 1. The van der Waals surface area contributed by atoms with Crippen molar-refractivity contribution in [3.05, 3.63) is 40.6 Å². The number of rotatable bonds is 6. The van der Waals surface area contributed by atoms with Gasteiger partial charge in [-0.1, -0.05) is 35.0 Å². The predicted molar refractivity (Wildman–Crippen MR) is 111 cm³/mol. The van der Waals surface area contributed by atoms with Crippen LogP contribution in [0.15, 0.2) is 28.8 Å². The minimum absolute atomic E-state index is 0.0615. The summed E-state index contributed by atoms with van der Waals surface area (Å²) >= 11 is 7.34. The van der Waals surface area contributed by atoms with Gasteiger partial charge in [0.15, 0.2) is 6.04 Å². The third-order valence-electron chi connectivity index (χ3n) is 4.78. The number of halogens is 1. The number of carboxylic acid groups (broad SMARTS) is 2. The minimum Gasteiger partial charge on any atom is -0.480 e. The quantitative estimate of drug-likeness (QED) is 0.518. The average molecular weight is 454 g/mol. The Hall–Kier alpha value is -2.56. The van der Waals surface area contributed by atoms with Crippen LogP contribution in [0, 0.1) is 6.92 Å². The molecule has 9 nitrogen and oxygen atoms in total. The molecule has 1 amide bonds. The topological polar surface area (TPSA) is 142 Å². The van der Waals surface area contributed by atoms with Crippen LogP contribution in [0.2, 0.25) is 5.02 Å². The van der Waals surface area contributed by atoms with Gasteiger partial charge in [-0.3, -0.25) is 14.9 Å². The number of benzene rings is 1. The summed E-state index contributed by atoms with van der Waals surface area (Å²) in [4.78, 5) is 36.4. The summed E-state index contributed by atoms with van der Waals surface area (Å²) < 4.78 is 4.39. The molecule has 1 unspecified atom stereocenters. The monoisotopic (exact) mass is 453 g/mol. The zero-order valence-corrected chi connectivity index (χ0v) is 17.9. The Morgan fingerprint density at radius 1 is 1.30 bits per heavy atom. The van der Waals surface area contributed by atoms with E-state index in [-0.39, 0.29) is 17.0 Å². The van der Waals surface area contributed by atoms with Crippen molar-refractivity contribution in [1.82, 2.24) is 15.8 Å². The van der Waals surface area contributed by atoms with Gasteiger partial charge in [0.1, 0.15) is 23.1 Å². The van der Waals surface area contributed by atoms with Crippen LogP contribution in [-0.2, 0) is 9.59 Å². The fraction of sp³-hybridized carbons (Fsp3) is 0.368. The number of aliphatic carboxylic acids is 2. The third kappa shape index (κ3) is 4.16. The number of hydrogen-bond acceptors (Lipinski definition) is 7. The lowest BCUT2D eigenvalue weighted by Crippen LogP contribution is -2.53. The van der Waals surface area contributed by atoms with E-state index in [1.165, 1.54) is 6.92 Å². The Balaban J connectivity index is 1.90. The molecule has 1 fully saturated rings. The van der Waals surface area contributed by atoms with Crippen LogP contribution in [0.1, 0.15) is 30.0 Å². The SMILES string of the molecule is Cc1onc(-c2ccccc2Cl)c1C(=O)N[C@@H](C(=O)O)[C@H]1NC(C(=O)O)C(C)(C)S1. The second-order valence-electron chi connectivity index (χ2n) is 7.31. The molecule has 3 rings (SSSR count). The third-order valence-corrected chi connectivity index (χ3v) is 6.61. The van der Waals surface area contributed by atoms with E-state index >= 15 is 0 Å². The molecule has 2 heterocycles. The van der Waals surface area contributed by atoms with Crippen molar-refractivity contribution in [1.29, 1.82) is 0 Å². The first-order valence-electron chi connectivity index (χ1n) is 8.94. The van der Waals surface area contributed by atoms with Crippen molar-refractivity contribution < 1.29 is 29.1 Å². The van der Waals surface area contributed by atoms with E-state index in [1.807, 2.05) is 0 Å². The number of amides is 1. The summed E-state index contributed by atoms with van der Waals surface area (Å²) in [7, 11) is 0. The number of nitrogens with one attached hydrogen (secondary N) is 2. The highest BCUT2D eigenvalue weighted by molar-refractivity contribution is 8.01. The largest absolute Gasteiger partial charge is 0.480 e. The molecule has 30 heavy (non-hydrogen) atoms. The molecule has 0 aliphatic carbocycles. The second kappa shape index (κ2) is 8.29. The van der Waals surface area contributed by atoms with Crippen LogP contribution in [0.5, 0.6) is 0 Å². The molecule has 3 atom stereocenters. The van der Waals surface area contributed by atoms with Crippen molar-refractivity contribution in [3.8, 4) is 11.3 Å². The summed E-state index contributed by atoms with van der Waals surface area (Å²) in [5.74, 6) is -2.91. The number of thioether (sulfide) groups is 1. The lowest BCUT2D eigenvalue weighted by molar-refractivity contribution is -0.142. The maximum atomic E-state index is 13.0. The first-order chi connectivity index (χ1) is 14.0. The Morgan fingerprint density at radius 3 is 2.53 bits per heavy atom. The van der Waals surface area contributed by atoms with Crippen molar-refractivity contribution in [2.75, 3.05) is 0 Å². The molecule has 0 radical (unpaired) electrons. The van der Waals surface area contributed by atoms with Gasteiger partial charge < -0.3 is 20.1 Å². The number of carbonyl (C=O) groups is 3. The molecule has 1 aliphatic heterocycles. The van der Waals surface area contributed by atoms with Crippen molar-refractivity contribution in [3.63, 3.8) is 0 Å². The molecule has 1 aromatic heterocycles. The fourth-order valence-corrected chi connectivity index (χ4v) is 4.99. The lowest BCUT2D eigenvalue weighted by atomic mass is 10.0. The van der Waals surface area contributed by atoms with E-state index in [9.17, 15) is 24.6 Å². The lowest BCUT2D eigenvalue weighted by Gasteiger charge is -2.22. The second-order valence-corrected chi connectivity index (χ2v) is 9.51. The Morgan fingerprint density at radius 2 is 1.97 bits per heavy atom. The molecule has 160 valence electrons. The van der Waals surface area contributed by atoms with Crippen LogP contribution in [0.4, 0.5) is 0 Å². The smallest absolute Gasteiger partial charge is 0.328 e. The molecule has 4 N–H and O–H groups in total. The molecule has 1 saturated heterocycles. The highest BCUT2D eigenvalue weighted by Crippen LogP contribution is 2.39. The summed E-state index contributed by atoms with van der Waals surface area (Å²) in [6, 6.07) is 4.39. The fourth-order valence-electron chi connectivity index (χ4n) is 3.28. The zero-order chi connectivity index (χ0) is 22.2. The summed E-state index contributed by atoms with van der Waals surface area (Å²) in [6.45, 7) is 4.93. The van der Waals surface area contributed by atoms with Crippen molar-refractivity contribution in [2.24, 2.45) is 0 Å². The van der Waals surface area contributed by atoms with Gasteiger partial charge in [0.25, 0.3) is 5.91 Å². The van der Waals surface area contributed by atoms with Gasteiger partial charge in [-0.05, 0) is 26.8 Å². The van der Waals surface area contributed by atoms with Gasteiger partial charge in [-0.15, -0.1) is 11.8 Å². The first-order valence-corrected chi connectivity index (χ1v) is 10.2. The van der Waals surface area contributed by atoms with Crippen molar-refractivity contribution in [2.45, 2.75) is 43.0 Å². The van der Waals surface area contributed by atoms with Gasteiger partial charge in [0.05, 0.1) is 10.4 Å². The van der Waals surface area contributed by atoms with Gasteiger partial charge in [0, 0.05) is 10.3 Å². The van der Waals surface area contributed by atoms with Gasteiger partial charge >= 0.3 is 11.9 Å². The number of hydrogen-bond donors (Lipinski definition) is 4. The maximum Gasteiger partial charge on any atom is 0.328 e. The van der Waals surface area contributed by atoms with Crippen LogP contribution in [-0.4, -0.2) is 55.4 Å². The molecule has 2 aromatic rings. The van der Waals surface area contributed by atoms with E-state index in [1.54, 1.807) is 38.1 Å². The number of carbonyl (C=O) groups excluding carboxylic acids is 1. The predicted octanol–water partition coefficient (Wildman–Crippen LogP) is 2.38. The molecule has 1 aliphatic rings. The molecule has 0 saturated carbocycles. The first kappa shape index (κ1) is 22.1. The van der Waals surface area contributed by atoms with E-state index in [0.717, 1.165) is 11.8 Å². The van der Waals surface area contributed by atoms with Crippen LogP contribution in [0.25, 0.3) is 11.3 Å². The van der Waals surface area contributed by atoms with E-state index in [2.05, 4.69) is 15.8 Å². The maximum absolute atomic E-state index is 13.0. The average Bonchev–Trinajstić information content (AvgIpc) is 3.19. The zero-order valence-electron chi connectivity index (χ0n) is 16.3. The van der Waals surface area contributed by atoms with Crippen molar-refractivity contribution >= 4 is 41.2 Å². The number of aromatic nitrogens is 1. The summed E-state index contributed by atoms with van der Waals surface area (Å²) in [5, 5.41) is 27.8. The standard InChI is InChI=1S/C19H20ClN3O6S/c1-8-11(12(23-29-8)9-6-4-5-7-10(9)20)15(24)21-13(17(25)26)16-22-14(18(27)28)19(2,3)30-16/h4-7,13-14,16,22H,1-3H3,(H,21,24)(H,25,26)(H,27,28)/t13-,14?,16+/m1/s1. The Kier molecular flexibility index (Phi) is 6.11. The van der Waals surface area contributed by atoms with Gasteiger partial charge in [-0.2, -0.15) is 0 Å². The molecular weight excluding hydrogens is 434 g/mol.